The summed E-state index contributed by atoms with van der Waals surface area (Å²) in [6, 6.07) is 38.5. The average Bonchev–Trinajstić information content (AvgIpc) is 3.37. The van der Waals surface area contributed by atoms with Crippen LogP contribution in [0.5, 0.6) is 0 Å². The second-order valence-corrected chi connectivity index (χ2v) is 9.38. The van der Waals surface area contributed by atoms with Crippen molar-refractivity contribution in [2.24, 2.45) is 0 Å². The van der Waals surface area contributed by atoms with Crippen molar-refractivity contribution < 1.29 is 0 Å². The van der Waals surface area contributed by atoms with Crippen LogP contribution in [0.4, 0.5) is 0 Å². The van der Waals surface area contributed by atoms with Crippen molar-refractivity contribution in [3.8, 4) is 55.6 Å². The van der Waals surface area contributed by atoms with Gasteiger partial charge in [-0.15, -0.1) is 0 Å². The monoisotopic (exact) mass is 416 g/mol. The molecule has 0 aliphatic heterocycles. The molecule has 0 atom stereocenters. The normalized spacial score (nSPS) is 12.4. The van der Waals surface area contributed by atoms with Crippen LogP contribution in [-0.2, 0) is 0 Å². The second-order valence-electron chi connectivity index (χ2n) is 9.38. The van der Waals surface area contributed by atoms with Crippen LogP contribution in [0.3, 0.4) is 0 Å². The third kappa shape index (κ3) is 2.11. The van der Waals surface area contributed by atoms with Gasteiger partial charge in [-0.05, 0) is 90.2 Å². The summed E-state index contributed by atoms with van der Waals surface area (Å²) >= 11 is 0. The maximum Gasteiger partial charge on any atom is -0.000740 e. The van der Waals surface area contributed by atoms with Crippen molar-refractivity contribution in [1.82, 2.24) is 0 Å². The lowest BCUT2D eigenvalue weighted by Crippen LogP contribution is -1.85. The van der Waals surface area contributed by atoms with Crippen LogP contribution in [0.2, 0.25) is 0 Å². The first kappa shape index (κ1) is 17.4. The number of fused-ring (bicyclic) bond motifs is 9. The number of hydrogen-bond donors (Lipinski definition) is 0. The van der Waals surface area contributed by atoms with E-state index in [9.17, 15) is 0 Å². The first-order valence-corrected chi connectivity index (χ1v) is 11.6. The van der Waals surface area contributed by atoms with Gasteiger partial charge in [-0.3, -0.25) is 0 Å². The van der Waals surface area contributed by atoms with Crippen LogP contribution in [0.15, 0.2) is 103 Å². The molecule has 0 heterocycles. The van der Waals surface area contributed by atoms with Crippen molar-refractivity contribution in [2.45, 2.75) is 6.92 Å². The maximum atomic E-state index is 2.40. The molecule has 0 nitrogen and oxygen atoms in total. The Morgan fingerprint density at radius 3 is 1.61 bits per heavy atom. The van der Waals surface area contributed by atoms with Crippen LogP contribution in [0.25, 0.3) is 77.2 Å². The highest BCUT2D eigenvalue weighted by molar-refractivity contribution is 6.34. The zero-order valence-corrected chi connectivity index (χ0v) is 18.3. The lowest BCUT2D eigenvalue weighted by molar-refractivity contribution is 1.47. The highest BCUT2D eigenvalue weighted by Crippen LogP contribution is 2.59. The predicted octanol–water partition coefficient (Wildman–Crippen LogP) is 9.26. The molecule has 6 aromatic carbocycles. The summed E-state index contributed by atoms with van der Waals surface area (Å²) in [4.78, 5) is 0. The van der Waals surface area contributed by atoms with E-state index in [-0.39, 0.29) is 0 Å². The van der Waals surface area contributed by atoms with Gasteiger partial charge in [-0.2, -0.15) is 0 Å². The highest BCUT2D eigenvalue weighted by Gasteiger charge is 2.31. The molecule has 0 aromatic heterocycles. The minimum absolute atomic E-state index is 1.27. The quantitative estimate of drug-likeness (QED) is 0.234. The SMILES string of the molecule is Cc1ccc(-c2ccc3c(c2)-c2ccc4c5c(c6ccccc6c-3c25)-c2ccccc2-4)cc1. The lowest BCUT2D eigenvalue weighted by atomic mass is 9.90. The zero-order valence-electron chi connectivity index (χ0n) is 18.3. The predicted molar refractivity (Wildman–Crippen MR) is 140 cm³/mol. The van der Waals surface area contributed by atoms with Crippen molar-refractivity contribution in [3.63, 3.8) is 0 Å². The molecule has 152 valence electrons. The van der Waals surface area contributed by atoms with E-state index in [1.165, 1.54) is 82.7 Å². The second kappa shape index (κ2) is 5.99. The molecule has 0 saturated heterocycles. The van der Waals surface area contributed by atoms with E-state index in [4.69, 9.17) is 0 Å². The molecule has 33 heavy (non-hydrogen) atoms. The molecular weight excluding hydrogens is 396 g/mol. The summed E-state index contributed by atoms with van der Waals surface area (Å²) in [6.07, 6.45) is 0. The smallest absolute Gasteiger partial charge is 0.000740 e. The van der Waals surface area contributed by atoms with Gasteiger partial charge in [0.2, 0.25) is 0 Å². The van der Waals surface area contributed by atoms with E-state index < -0.39 is 0 Å². The Kier molecular flexibility index (Phi) is 3.16. The van der Waals surface area contributed by atoms with Crippen LogP contribution >= 0.6 is 0 Å². The van der Waals surface area contributed by atoms with Crippen LogP contribution in [-0.4, -0.2) is 0 Å². The lowest BCUT2D eigenvalue weighted by Gasteiger charge is -2.12. The van der Waals surface area contributed by atoms with Crippen molar-refractivity contribution in [2.75, 3.05) is 0 Å². The Hall–Kier alpha value is -4.16. The molecule has 2 aliphatic carbocycles. The van der Waals surface area contributed by atoms with Gasteiger partial charge in [0.1, 0.15) is 0 Å². The first-order valence-electron chi connectivity index (χ1n) is 11.6. The van der Waals surface area contributed by atoms with Gasteiger partial charge in [0, 0.05) is 0 Å². The number of hydrogen-bond acceptors (Lipinski definition) is 0. The van der Waals surface area contributed by atoms with Gasteiger partial charge in [0.05, 0.1) is 0 Å². The molecule has 0 unspecified atom stereocenters. The Labute approximate surface area is 192 Å². The summed E-state index contributed by atoms with van der Waals surface area (Å²) < 4.78 is 0. The molecule has 8 rings (SSSR count). The topological polar surface area (TPSA) is 0 Å². The molecule has 6 aromatic rings. The fraction of sp³-hybridized carbons (Fsp3) is 0.0303. The molecular formula is C33H20. The molecule has 0 fully saturated rings. The van der Waals surface area contributed by atoms with Gasteiger partial charge in [0.15, 0.2) is 0 Å². The highest BCUT2D eigenvalue weighted by atomic mass is 14.3. The van der Waals surface area contributed by atoms with Crippen molar-refractivity contribution in [3.05, 3.63) is 109 Å². The van der Waals surface area contributed by atoms with E-state index in [0.717, 1.165) is 0 Å². The Balaban J connectivity index is 1.52. The van der Waals surface area contributed by atoms with E-state index in [1.807, 2.05) is 0 Å². The largest absolute Gasteiger partial charge is 0.0616 e. The summed E-state index contributed by atoms with van der Waals surface area (Å²) in [5, 5.41) is 5.57. The van der Waals surface area contributed by atoms with Gasteiger partial charge < -0.3 is 0 Å². The van der Waals surface area contributed by atoms with Crippen LogP contribution in [0, 0.1) is 6.92 Å². The van der Waals surface area contributed by atoms with Gasteiger partial charge in [-0.25, -0.2) is 0 Å². The van der Waals surface area contributed by atoms with Crippen LogP contribution < -0.4 is 0 Å². The number of aryl methyl sites for hydroxylation is 1. The number of rotatable bonds is 1. The standard InChI is InChI=1S/C33H20/c1-19-10-12-20(13-11-19)21-14-15-27-29(18-21)28-17-16-26-22-6-2-3-7-23(22)30-24-8-4-5-9-25(24)31(27)33(28)32(26)30/h2-18H,1H3. The molecule has 0 saturated carbocycles. The van der Waals surface area contributed by atoms with E-state index >= 15 is 0 Å². The summed E-state index contributed by atoms with van der Waals surface area (Å²) in [5.74, 6) is 0. The minimum atomic E-state index is 1.27. The van der Waals surface area contributed by atoms with Crippen molar-refractivity contribution >= 4 is 21.5 Å². The summed E-state index contributed by atoms with van der Waals surface area (Å²) in [7, 11) is 0. The zero-order chi connectivity index (χ0) is 21.7. The minimum Gasteiger partial charge on any atom is -0.0616 e. The first-order chi connectivity index (χ1) is 16.3. The third-order valence-electron chi connectivity index (χ3n) is 7.62. The molecule has 0 radical (unpaired) electrons. The van der Waals surface area contributed by atoms with E-state index in [0.29, 0.717) is 0 Å². The molecule has 2 aliphatic rings. The molecule has 0 heteroatoms. The van der Waals surface area contributed by atoms with Gasteiger partial charge >= 0.3 is 0 Å². The van der Waals surface area contributed by atoms with E-state index in [2.05, 4.69) is 110 Å². The molecule has 0 N–H and O–H groups in total. The van der Waals surface area contributed by atoms with Crippen LogP contribution in [0.1, 0.15) is 5.56 Å². The Bertz CT molecular complexity index is 1800. The van der Waals surface area contributed by atoms with E-state index in [1.54, 1.807) is 0 Å². The van der Waals surface area contributed by atoms with Gasteiger partial charge in [-0.1, -0.05) is 103 Å². The maximum absolute atomic E-state index is 2.40. The fourth-order valence-electron chi connectivity index (χ4n) is 6.17. The Morgan fingerprint density at radius 2 is 0.909 bits per heavy atom. The fourth-order valence-corrected chi connectivity index (χ4v) is 6.17. The van der Waals surface area contributed by atoms with Crippen molar-refractivity contribution in [1.29, 1.82) is 0 Å². The molecule has 0 amide bonds. The average molecular weight is 417 g/mol. The third-order valence-corrected chi connectivity index (χ3v) is 7.62. The molecule has 0 bridgehead atoms. The van der Waals surface area contributed by atoms with Gasteiger partial charge in [0.25, 0.3) is 0 Å². The Morgan fingerprint density at radius 1 is 0.394 bits per heavy atom. The molecule has 0 spiro atoms. The number of benzene rings is 6. The summed E-state index contributed by atoms with van der Waals surface area (Å²) in [5.41, 5.74) is 14.8. The summed E-state index contributed by atoms with van der Waals surface area (Å²) in [6.45, 7) is 2.14.